The summed E-state index contributed by atoms with van der Waals surface area (Å²) in [7, 11) is 0. The molecule has 1 saturated heterocycles. The molecule has 26 heavy (non-hydrogen) atoms. The second-order valence-corrected chi connectivity index (χ2v) is 7.16. The van der Waals surface area contributed by atoms with Crippen LogP contribution in [0.15, 0.2) is 18.7 Å². The standard InChI is InChI=1S/C18H24F2N4O2/c1-2-16(25)24-9-3-4-13(11-24)17(26)21-15-10-14(22-23-15)12-5-7-18(19,20)8-6-12/h2,10,12-13H,1,3-9,11H2,(H2,21,22,23,26). The van der Waals surface area contributed by atoms with Crippen LogP contribution in [-0.2, 0) is 9.59 Å². The molecule has 0 radical (unpaired) electrons. The molecular formula is C18H24F2N4O2. The van der Waals surface area contributed by atoms with Crippen molar-refractivity contribution in [1.29, 1.82) is 0 Å². The molecule has 2 heterocycles. The first-order valence-corrected chi connectivity index (χ1v) is 9.03. The van der Waals surface area contributed by atoms with E-state index in [0.717, 1.165) is 12.1 Å². The van der Waals surface area contributed by atoms with Crippen LogP contribution in [0.5, 0.6) is 0 Å². The number of H-pyrrole nitrogens is 1. The minimum atomic E-state index is -2.57. The van der Waals surface area contributed by atoms with Crippen LogP contribution in [0.25, 0.3) is 0 Å². The summed E-state index contributed by atoms with van der Waals surface area (Å²) in [5.41, 5.74) is 0.780. The van der Waals surface area contributed by atoms with Gasteiger partial charge in [0.1, 0.15) is 0 Å². The van der Waals surface area contributed by atoms with Crippen LogP contribution < -0.4 is 5.32 Å². The SMILES string of the molecule is C=CC(=O)N1CCCC(C(=O)Nc2cc(C3CCC(F)(F)CC3)[nH]n2)C1. The first-order valence-electron chi connectivity index (χ1n) is 9.03. The van der Waals surface area contributed by atoms with Gasteiger partial charge in [0.15, 0.2) is 5.82 Å². The van der Waals surface area contributed by atoms with Gasteiger partial charge in [-0.3, -0.25) is 14.7 Å². The monoisotopic (exact) mass is 366 g/mol. The number of hydrogen-bond donors (Lipinski definition) is 2. The lowest BCUT2D eigenvalue weighted by Crippen LogP contribution is -2.43. The number of piperidine rings is 1. The summed E-state index contributed by atoms with van der Waals surface area (Å²) in [6, 6.07) is 1.72. The molecular weight excluding hydrogens is 342 g/mol. The number of likely N-dealkylation sites (tertiary alicyclic amines) is 1. The number of rotatable bonds is 4. The number of amides is 2. The number of hydrogen-bond acceptors (Lipinski definition) is 3. The van der Waals surface area contributed by atoms with Gasteiger partial charge in [0, 0.05) is 43.6 Å². The smallest absolute Gasteiger partial charge is 0.248 e. The molecule has 2 N–H and O–H groups in total. The molecule has 1 aliphatic carbocycles. The predicted octanol–water partition coefficient (Wildman–Crippen LogP) is 3.07. The van der Waals surface area contributed by atoms with Gasteiger partial charge in [-0.15, -0.1) is 0 Å². The van der Waals surface area contributed by atoms with Crippen LogP contribution in [0.2, 0.25) is 0 Å². The Morgan fingerprint density at radius 1 is 1.35 bits per heavy atom. The highest BCUT2D eigenvalue weighted by Gasteiger charge is 2.36. The molecule has 0 spiro atoms. The van der Waals surface area contributed by atoms with Gasteiger partial charge in [-0.1, -0.05) is 6.58 Å². The number of aromatic nitrogens is 2. The molecule has 2 aliphatic rings. The summed E-state index contributed by atoms with van der Waals surface area (Å²) in [6.45, 7) is 4.48. The van der Waals surface area contributed by atoms with Crippen LogP contribution in [-0.4, -0.2) is 45.9 Å². The van der Waals surface area contributed by atoms with E-state index in [9.17, 15) is 18.4 Å². The van der Waals surface area contributed by atoms with Crippen LogP contribution in [0.3, 0.4) is 0 Å². The van der Waals surface area contributed by atoms with Crippen LogP contribution in [0.4, 0.5) is 14.6 Å². The molecule has 2 fully saturated rings. The van der Waals surface area contributed by atoms with Gasteiger partial charge in [-0.25, -0.2) is 8.78 Å². The van der Waals surface area contributed by atoms with Crippen molar-refractivity contribution in [3.8, 4) is 0 Å². The molecule has 0 bridgehead atoms. The maximum Gasteiger partial charge on any atom is 0.248 e. The van der Waals surface area contributed by atoms with E-state index in [-0.39, 0.29) is 36.5 Å². The van der Waals surface area contributed by atoms with Crippen molar-refractivity contribution in [2.75, 3.05) is 18.4 Å². The average Bonchev–Trinajstić information content (AvgIpc) is 3.09. The summed E-state index contributed by atoms with van der Waals surface area (Å²) in [5, 5.41) is 9.72. The highest BCUT2D eigenvalue weighted by atomic mass is 19.3. The van der Waals surface area contributed by atoms with Crippen molar-refractivity contribution in [2.45, 2.75) is 50.4 Å². The Hall–Kier alpha value is -2.25. The number of alkyl halides is 2. The number of nitrogens with zero attached hydrogens (tertiary/aromatic N) is 2. The topological polar surface area (TPSA) is 78.1 Å². The first kappa shape index (κ1) is 18.5. The van der Waals surface area contributed by atoms with Crippen molar-refractivity contribution in [3.05, 3.63) is 24.4 Å². The maximum absolute atomic E-state index is 13.3. The van der Waals surface area contributed by atoms with E-state index >= 15 is 0 Å². The molecule has 1 aromatic rings. The molecule has 142 valence electrons. The number of anilines is 1. The van der Waals surface area contributed by atoms with Gasteiger partial charge >= 0.3 is 0 Å². The van der Waals surface area contributed by atoms with Crippen molar-refractivity contribution in [2.24, 2.45) is 5.92 Å². The minimum absolute atomic E-state index is 0.0168. The van der Waals surface area contributed by atoms with E-state index in [2.05, 4.69) is 22.1 Å². The lowest BCUT2D eigenvalue weighted by atomic mass is 9.85. The quantitative estimate of drug-likeness (QED) is 0.804. The Bertz CT molecular complexity index is 678. The summed E-state index contributed by atoms with van der Waals surface area (Å²) in [4.78, 5) is 25.8. The van der Waals surface area contributed by atoms with Crippen molar-refractivity contribution >= 4 is 17.6 Å². The zero-order chi connectivity index (χ0) is 18.7. The Kier molecular flexibility index (Phi) is 5.38. The minimum Gasteiger partial charge on any atom is -0.338 e. The van der Waals surface area contributed by atoms with E-state index in [1.165, 1.54) is 6.08 Å². The van der Waals surface area contributed by atoms with E-state index in [1.54, 1.807) is 11.0 Å². The number of carbonyl (C=O) groups excluding carboxylic acids is 2. The third-order valence-corrected chi connectivity index (χ3v) is 5.28. The summed E-state index contributed by atoms with van der Waals surface area (Å²) >= 11 is 0. The number of aromatic amines is 1. The predicted molar refractivity (Wildman–Crippen MR) is 92.9 cm³/mol. The third kappa shape index (κ3) is 4.28. The van der Waals surface area contributed by atoms with Crippen molar-refractivity contribution < 1.29 is 18.4 Å². The summed E-state index contributed by atoms with van der Waals surface area (Å²) in [5.74, 6) is -2.79. The van der Waals surface area contributed by atoms with Gasteiger partial charge < -0.3 is 10.2 Å². The van der Waals surface area contributed by atoms with Crippen LogP contribution in [0.1, 0.15) is 50.1 Å². The molecule has 8 heteroatoms. The van der Waals surface area contributed by atoms with Gasteiger partial charge in [0.2, 0.25) is 17.7 Å². The van der Waals surface area contributed by atoms with Crippen LogP contribution >= 0.6 is 0 Å². The van der Waals surface area contributed by atoms with E-state index < -0.39 is 5.92 Å². The maximum atomic E-state index is 13.3. The molecule has 1 saturated carbocycles. The highest BCUT2D eigenvalue weighted by Crippen LogP contribution is 2.40. The zero-order valence-corrected chi connectivity index (χ0v) is 14.6. The molecule has 6 nitrogen and oxygen atoms in total. The lowest BCUT2D eigenvalue weighted by molar-refractivity contribution is -0.130. The van der Waals surface area contributed by atoms with Crippen molar-refractivity contribution in [3.63, 3.8) is 0 Å². The normalized spacial score (nSPS) is 23.5. The number of nitrogens with one attached hydrogen (secondary N) is 2. The van der Waals surface area contributed by atoms with Gasteiger partial charge in [-0.2, -0.15) is 5.10 Å². The van der Waals surface area contributed by atoms with Crippen molar-refractivity contribution in [1.82, 2.24) is 15.1 Å². The number of carbonyl (C=O) groups is 2. The second-order valence-electron chi connectivity index (χ2n) is 7.16. The van der Waals surface area contributed by atoms with Gasteiger partial charge in [-0.05, 0) is 31.8 Å². The fourth-order valence-corrected chi connectivity index (χ4v) is 3.71. The van der Waals surface area contributed by atoms with E-state index in [1.807, 2.05) is 0 Å². The number of halogens is 2. The summed E-state index contributed by atoms with van der Waals surface area (Å²) in [6.07, 6.45) is 3.31. The fraction of sp³-hybridized carbons (Fsp3) is 0.611. The van der Waals surface area contributed by atoms with Gasteiger partial charge in [0.25, 0.3) is 0 Å². The zero-order valence-electron chi connectivity index (χ0n) is 14.6. The first-order chi connectivity index (χ1) is 12.4. The molecule has 0 aromatic carbocycles. The third-order valence-electron chi connectivity index (χ3n) is 5.28. The largest absolute Gasteiger partial charge is 0.338 e. The molecule has 3 rings (SSSR count). The molecule has 1 unspecified atom stereocenters. The molecule has 2 amide bonds. The second kappa shape index (κ2) is 7.55. The Balaban J connectivity index is 1.56. The Morgan fingerprint density at radius 2 is 2.08 bits per heavy atom. The molecule has 1 atom stereocenters. The van der Waals surface area contributed by atoms with Crippen LogP contribution in [0, 0.1) is 5.92 Å². The average molecular weight is 366 g/mol. The molecule has 1 aromatic heterocycles. The Labute approximate surface area is 151 Å². The molecule has 1 aliphatic heterocycles. The van der Waals surface area contributed by atoms with Gasteiger partial charge in [0.05, 0.1) is 5.92 Å². The Morgan fingerprint density at radius 3 is 2.77 bits per heavy atom. The van der Waals surface area contributed by atoms with E-state index in [0.29, 0.717) is 38.2 Å². The summed E-state index contributed by atoms with van der Waals surface area (Å²) < 4.78 is 26.5. The highest BCUT2D eigenvalue weighted by molar-refractivity contribution is 5.93. The lowest BCUT2D eigenvalue weighted by Gasteiger charge is -2.31. The fourth-order valence-electron chi connectivity index (χ4n) is 3.71. The van der Waals surface area contributed by atoms with E-state index in [4.69, 9.17) is 0 Å².